The van der Waals surface area contributed by atoms with Gasteiger partial charge < -0.3 is 10.4 Å². The standard InChI is InChI=1S/C12H11N3O5/c1-7-5-10(14(12(17)18)11(16)13-7)8-3-2-4-9(6-8)15(19)20/h2-6,10H,1H3,(H,13,16)(H,17,18). The van der Waals surface area contributed by atoms with Crippen LogP contribution >= 0.6 is 0 Å². The third kappa shape index (κ3) is 2.44. The van der Waals surface area contributed by atoms with E-state index in [2.05, 4.69) is 5.32 Å². The molecule has 2 rings (SSSR count). The maximum Gasteiger partial charge on any atom is 0.416 e. The molecule has 1 atom stereocenters. The monoisotopic (exact) mass is 277 g/mol. The van der Waals surface area contributed by atoms with Crippen LogP contribution < -0.4 is 5.32 Å². The van der Waals surface area contributed by atoms with Gasteiger partial charge >= 0.3 is 12.1 Å². The molecule has 2 N–H and O–H groups in total. The number of carboxylic acid groups (broad SMARTS) is 1. The highest BCUT2D eigenvalue weighted by Crippen LogP contribution is 2.28. The number of urea groups is 1. The largest absolute Gasteiger partial charge is 0.465 e. The lowest BCUT2D eigenvalue weighted by atomic mass is 10.0. The molecule has 0 radical (unpaired) electrons. The molecule has 0 bridgehead atoms. The number of nitrogens with zero attached hydrogens (tertiary/aromatic N) is 2. The molecule has 104 valence electrons. The van der Waals surface area contributed by atoms with Crippen molar-refractivity contribution in [3.63, 3.8) is 0 Å². The van der Waals surface area contributed by atoms with Gasteiger partial charge in [0, 0.05) is 17.8 Å². The fourth-order valence-corrected chi connectivity index (χ4v) is 1.98. The summed E-state index contributed by atoms with van der Waals surface area (Å²) in [7, 11) is 0. The van der Waals surface area contributed by atoms with Crippen LogP contribution in [0.5, 0.6) is 0 Å². The van der Waals surface area contributed by atoms with E-state index in [-0.39, 0.29) is 5.69 Å². The smallest absolute Gasteiger partial charge is 0.416 e. The summed E-state index contributed by atoms with van der Waals surface area (Å²) in [4.78, 5) is 33.7. The molecular formula is C12H11N3O5. The number of hydrogen-bond acceptors (Lipinski definition) is 4. The molecule has 1 heterocycles. The number of non-ortho nitro benzene ring substituents is 1. The predicted octanol–water partition coefficient (Wildman–Crippen LogP) is 2.24. The van der Waals surface area contributed by atoms with E-state index >= 15 is 0 Å². The lowest BCUT2D eigenvalue weighted by Gasteiger charge is -2.30. The van der Waals surface area contributed by atoms with E-state index < -0.39 is 23.1 Å². The molecule has 0 aliphatic carbocycles. The van der Waals surface area contributed by atoms with Gasteiger partial charge in [0.25, 0.3) is 5.69 Å². The molecule has 8 nitrogen and oxygen atoms in total. The topological polar surface area (TPSA) is 113 Å². The molecule has 1 aromatic carbocycles. The zero-order valence-corrected chi connectivity index (χ0v) is 10.4. The van der Waals surface area contributed by atoms with Crippen LogP contribution in [0.25, 0.3) is 0 Å². The number of benzene rings is 1. The summed E-state index contributed by atoms with van der Waals surface area (Å²) in [5.41, 5.74) is 0.685. The average Bonchev–Trinajstić information content (AvgIpc) is 2.37. The summed E-state index contributed by atoms with van der Waals surface area (Å²) in [6.07, 6.45) is 0.0944. The first-order valence-corrected chi connectivity index (χ1v) is 5.66. The van der Waals surface area contributed by atoms with Gasteiger partial charge in [0.05, 0.1) is 11.0 Å². The number of imide groups is 1. The van der Waals surface area contributed by atoms with Crippen molar-refractivity contribution in [2.75, 3.05) is 0 Å². The van der Waals surface area contributed by atoms with Crippen molar-refractivity contribution in [2.24, 2.45) is 0 Å². The second-order valence-electron chi connectivity index (χ2n) is 4.23. The second kappa shape index (κ2) is 5.00. The van der Waals surface area contributed by atoms with Crippen molar-refractivity contribution in [3.8, 4) is 0 Å². The van der Waals surface area contributed by atoms with Gasteiger partial charge in [-0.15, -0.1) is 0 Å². The van der Waals surface area contributed by atoms with Gasteiger partial charge in [-0.05, 0) is 18.6 Å². The molecular weight excluding hydrogens is 266 g/mol. The van der Waals surface area contributed by atoms with Crippen molar-refractivity contribution < 1.29 is 19.6 Å². The molecule has 20 heavy (non-hydrogen) atoms. The Morgan fingerprint density at radius 2 is 2.20 bits per heavy atom. The zero-order valence-electron chi connectivity index (χ0n) is 10.4. The van der Waals surface area contributed by atoms with E-state index in [1.165, 1.54) is 30.3 Å². The van der Waals surface area contributed by atoms with Crippen molar-refractivity contribution in [1.82, 2.24) is 10.2 Å². The fourth-order valence-electron chi connectivity index (χ4n) is 1.98. The molecule has 8 heteroatoms. The summed E-state index contributed by atoms with van der Waals surface area (Å²) in [5.74, 6) is 0. The van der Waals surface area contributed by atoms with Gasteiger partial charge in [0.2, 0.25) is 0 Å². The molecule has 1 aliphatic heterocycles. The summed E-state index contributed by atoms with van der Waals surface area (Å²) in [5, 5.41) is 22.2. The van der Waals surface area contributed by atoms with Crippen LogP contribution in [-0.2, 0) is 0 Å². The molecule has 0 aromatic heterocycles. The quantitative estimate of drug-likeness (QED) is 0.635. The van der Waals surface area contributed by atoms with E-state index in [1.807, 2.05) is 0 Å². The van der Waals surface area contributed by atoms with Crippen LogP contribution in [0.15, 0.2) is 36.0 Å². The van der Waals surface area contributed by atoms with Crippen molar-refractivity contribution in [2.45, 2.75) is 13.0 Å². The first-order chi connectivity index (χ1) is 9.40. The van der Waals surface area contributed by atoms with E-state index in [4.69, 9.17) is 5.11 Å². The van der Waals surface area contributed by atoms with Crippen LogP contribution in [0.2, 0.25) is 0 Å². The summed E-state index contributed by atoms with van der Waals surface area (Å²) < 4.78 is 0. The fraction of sp³-hybridized carbons (Fsp3) is 0.167. The first-order valence-electron chi connectivity index (χ1n) is 5.66. The third-order valence-corrected chi connectivity index (χ3v) is 2.84. The Hall–Kier alpha value is -2.90. The van der Waals surface area contributed by atoms with Gasteiger partial charge in [0.15, 0.2) is 0 Å². The molecule has 0 spiro atoms. The third-order valence-electron chi connectivity index (χ3n) is 2.84. The number of nitro benzene ring substituents is 1. The lowest BCUT2D eigenvalue weighted by Crippen LogP contribution is -2.47. The number of nitrogens with one attached hydrogen (secondary N) is 1. The van der Waals surface area contributed by atoms with Crippen molar-refractivity contribution in [3.05, 3.63) is 51.7 Å². The van der Waals surface area contributed by atoms with E-state index in [1.54, 1.807) is 6.92 Å². The van der Waals surface area contributed by atoms with Crippen LogP contribution in [0.4, 0.5) is 15.3 Å². The Kier molecular flexibility index (Phi) is 3.38. The molecule has 1 aliphatic rings. The Morgan fingerprint density at radius 1 is 1.50 bits per heavy atom. The van der Waals surface area contributed by atoms with Crippen LogP contribution in [-0.4, -0.2) is 27.1 Å². The number of nitro groups is 1. The minimum atomic E-state index is -1.43. The van der Waals surface area contributed by atoms with Gasteiger partial charge in [0.1, 0.15) is 0 Å². The van der Waals surface area contributed by atoms with E-state index in [9.17, 15) is 19.7 Å². The number of carbonyl (C=O) groups is 2. The second-order valence-corrected chi connectivity index (χ2v) is 4.23. The lowest BCUT2D eigenvalue weighted by molar-refractivity contribution is -0.384. The van der Waals surface area contributed by atoms with Gasteiger partial charge in [-0.3, -0.25) is 10.1 Å². The SMILES string of the molecule is CC1=CC(c2cccc([N+](=O)[O-])c2)N(C(=O)O)C(=O)N1. The average molecular weight is 277 g/mol. The Balaban J connectivity index is 2.49. The van der Waals surface area contributed by atoms with Gasteiger partial charge in [-0.1, -0.05) is 12.1 Å². The van der Waals surface area contributed by atoms with Gasteiger partial charge in [-0.25, -0.2) is 14.5 Å². The molecule has 1 aromatic rings. The molecule has 3 amide bonds. The highest BCUT2D eigenvalue weighted by atomic mass is 16.6. The predicted molar refractivity (Wildman–Crippen MR) is 68.0 cm³/mol. The number of rotatable bonds is 2. The Bertz CT molecular complexity index is 625. The normalized spacial score (nSPS) is 18.2. The van der Waals surface area contributed by atoms with Crippen molar-refractivity contribution in [1.29, 1.82) is 0 Å². The summed E-state index contributed by atoms with van der Waals surface area (Å²) in [6.45, 7) is 1.61. The number of carbonyl (C=O) groups excluding carboxylic acids is 1. The Morgan fingerprint density at radius 3 is 2.80 bits per heavy atom. The minimum Gasteiger partial charge on any atom is -0.465 e. The molecule has 0 fully saturated rings. The minimum absolute atomic E-state index is 0.162. The number of allylic oxidation sites excluding steroid dienone is 1. The zero-order chi connectivity index (χ0) is 14.9. The molecule has 1 unspecified atom stereocenters. The van der Waals surface area contributed by atoms with Crippen molar-refractivity contribution >= 4 is 17.8 Å². The Labute approximate surface area is 113 Å². The highest BCUT2D eigenvalue weighted by molar-refractivity contribution is 5.92. The first kappa shape index (κ1) is 13.5. The van der Waals surface area contributed by atoms with E-state index in [0.29, 0.717) is 16.2 Å². The molecule has 0 saturated carbocycles. The summed E-state index contributed by atoms with van der Waals surface area (Å²) in [6, 6.07) is 3.87. The van der Waals surface area contributed by atoms with Crippen LogP contribution in [0, 0.1) is 10.1 Å². The maximum absolute atomic E-state index is 11.7. The summed E-state index contributed by atoms with van der Waals surface area (Å²) >= 11 is 0. The van der Waals surface area contributed by atoms with Crippen LogP contribution in [0.3, 0.4) is 0 Å². The highest BCUT2D eigenvalue weighted by Gasteiger charge is 2.33. The van der Waals surface area contributed by atoms with Gasteiger partial charge in [-0.2, -0.15) is 0 Å². The number of amides is 3. The maximum atomic E-state index is 11.7. The van der Waals surface area contributed by atoms with Crippen LogP contribution in [0.1, 0.15) is 18.5 Å². The number of hydrogen-bond donors (Lipinski definition) is 2. The van der Waals surface area contributed by atoms with E-state index in [0.717, 1.165) is 0 Å². The molecule has 0 saturated heterocycles.